The number of benzene rings is 2. The fourth-order valence-electron chi connectivity index (χ4n) is 3.61. The number of nitrogens with zero attached hydrogens (tertiary/aromatic N) is 2. The number of hydrogen-bond donors (Lipinski definition) is 3. The molecule has 9 heteroatoms. The summed E-state index contributed by atoms with van der Waals surface area (Å²) >= 11 is 0. The lowest BCUT2D eigenvalue weighted by Gasteiger charge is -2.23. The van der Waals surface area contributed by atoms with Gasteiger partial charge in [-0.1, -0.05) is 18.2 Å². The van der Waals surface area contributed by atoms with E-state index in [4.69, 9.17) is 4.74 Å². The van der Waals surface area contributed by atoms with Crippen molar-refractivity contribution in [1.29, 1.82) is 0 Å². The van der Waals surface area contributed by atoms with Gasteiger partial charge in [0.25, 0.3) is 5.69 Å². The average Bonchev–Trinajstić information content (AvgIpc) is 3.40. The highest BCUT2D eigenvalue weighted by Gasteiger charge is 2.24. The number of aromatic amines is 2. The molecule has 2 aromatic heterocycles. The molecule has 0 spiro atoms. The van der Waals surface area contributed by atoms with E-state index < -0.39 is 22.7 Å². The van der Waals surface area contributed by atoms with Crippen molar-refractivity contribution in [3.63, 3.8) is 0 Å². The number of nitro benzene ring substituents is 1. The number of alkyl carbamates (subject to hydrolysis) is 1. The monoisotopic (exact) mass is 447 g/mol. The quantitative estimate of drug-likeness (QED) is 0.274. The van der Waals surface area contributed by atoms with Gasteiger partial charge in [-0.05, 0) is 44.5 Å². The molecule has 9 nitrogen and oxygen atoms in total. The first kappa shape index (κ1) is 22.1. The Balaban J connectivity index is 1.62. The first-order chi connectivity index (χ1) is 15.7. The minimum absolute atomic E-state index is 0.0160. The molecule has 1 amide bonds. The third-order valence-electron chi connectivity index (χ3n) is 5.10. The van der Waals surface area contributed by atoms with E-state index in [-0.39, 0.29) is 5.69 Å². The van der Waals surface area contributed by atoms with E-state index in [9.17, 15) is 14.9 Å². The van der Waals surface area contributed by atoms with Gasteiger partial charge in [0, 0.05) is 41.2 Å². The molecule has 0 radical (unpaired) electrons. The van der Waals surface area contributed by atoms with Gasteiger partial charge < -0.3 is 20.0 Å². The van der Waals surface area contributed by atoms with Gasteiger partial charge in [-0.2, -0.15) is 0 Å². The second-order valence-corrected chi connectivity index (χ2v) is 8.75. The number of imidazole rings is 1. The molecule has 3 N–H and O–H groups in total. The number of nitro groups is 1. The van der Waals surface area contributed by atoms with Crippen LogP contribution < -0.4 is 5.32 Å². The SMILES string of the molecule is CC(C)(C)OC(=O)N[C@H](Cc1c[nH]c2ccccc12)c1ncc(-c2ccc([N+](=O)[O-])cc2)[nH]1. The normalized spacial score (nSPS) is 12.5. The molecule has 0 aliphatic heterocycles. The van der Waals surface area contributed by atoms with E-state index in [1.54, 1.807) is 39.1 Å². The molecule has 0 aliphatic carbocycles. The van der Waals surface area contributed by atoms with Crippen LogP contribution in [-0.4, -0.2) is 31.6 Å². The maximum Gasteiger partial charge on any atom is 0.408 e. The Morgan fingerprint density at radius 1 is 1.18 bits per heavy atom. The van der Waals surface area contributed by atoms with Crippen LogP contribution in [0.25, 0.3) is 22.2 Å². The first-order valence-corrected chi connectivity index (χ1v) is 10.5. The fraction of sp³-hybridized carbons (Fsp3) is 0.250. The second kappa shape index (κ2) is 8.78. The van der Waals surface area contributed by atoms with Crippen LogP contribution >= 0.6 is 0 Å². The smallest absolute Gasteiger partial charge is 0.408 e. The fourth-order valence-corrected chi connectivity index (χ4v) is 3.61. The molecule has 4 aromatic rings. The van der Waals surface area contributed by atoms with Crippen molar-refractivity contribution >= 4 is 22.7 Å². The van der Waals surface area contributed by atoms with Crippen LogP contribution in [0.1, 0.15) is 38.2 Å². The van der Waals surface area contributed by atoms with Crippen molar-refractivity contribution in [2.45, 2.75) is 38.8 Å². The number of fused-ring (bicyclic) bond motifs is 1. The van der Waals surface area contributed by atoms with Crippen LogP contribution in [0.4, 0.5) is 10.5 Å². The van der Waals surface area contributed by atoms with E-state index in [0.717, 1.165) is 22.0 Å². The number of nitrogens with one attached hydrogen (secondary N) is 3. The number of H-pyrrole nitrogens is 2. The van der Waals surface area contributed by atoms with Gasteiger partial charge >= 0.3 is 6.09 Å². The summed E-state index contributed by atoms with van der Waals surface area (Å²) in [5.41, 5.74) is 2.86. The van der Waals surface area contributed by atoms with E-state index in [1.807, 2.05) is 30.5 Å². The van der Waals surface area contributed by atoms with Gasteiger partial charge in [-0.25, -0.2) is 9.78 Å². The Hall–Kier alpha value is -4.14. The van der Waals surface area contributed by atoms with Crippen molar-refractivity contribution in [2.75, 3.05) is 0 Å². The molecule has 0 fully saturated rings. The van der Waals surface area contributed by atoms with E-state index in [0.29, 0.717) is 17.9 Å². The highest BCUT2D eigenvalue weighted by molar-refractivity contribution is 5.83. The third kappa shape index (κ3) is 5.20. The maximum atomic E-state index is 12.6. The van der Waals surface area contributed by atoms with Gasteiger partial charge in [0.2, 0.25) is 0 Å². The number of amides is 1. The molecule has 170 valence electrons. The number of carbonyl (C=O) groups is 1. The summed E-state index contributed by atoms with van der Waals surface area (Å²) in [5, 5.41) is 14.9. The molecular formula is C24H25N5O4. The van der Waals surface area contributed by atoms with Crippen LogP contribution in [0.15, 0.2) is 60.9 Å². The molecule has 1 atom stereocenters. The Labute approximate surface area is 190 Å². The molecule has 2 heterocycles. The zero-order valence-electron chi connectivity index (χ0n) is 18.6. The third-order valence-corrected chi connectivity index (χ3v) is 5.10. The minimum Gasteiger partial charge on any atom is -0.444 e. The van der Waals surface area contributed by atoms with Crippen LogP contribution in [-0.2, 0) is 11.2 Å². The Bertz CT molecular complexity index is 1280. The predicted octanol–water partition coefficient (Wildman–Crippen LogP) is 5.27. The lowest BCUT2D eigenvalue weighted by atomic mass is 10.0. The first-order valence-electron chi connectivity index (χ1n) is 10.5. The summed E-state index contributed by atoms with van der Waals surface area (Å²) in [6.45, 7) is 5.42. The second-order valence-electron chi connectivity index (χ2n) is 8.75. The molecule has 2 aromatic carbocycles. The number of aromatic nitrogens is 3. The summed E-state index contributed by atoms with van der Waals surface area (Å²) in [4.78, 5) is 34.0. The zero-order valence-corrected chi connectivity index (χ0v) is 18.6. The van der Waals surface area contributed by atoms with Crippen LogP contribution in [0, 0.1) is 10.1 Å². The molecule has 0 saturated heterocycles. The lowest BCUT2D eigenvalue weighted by molar-refractivity contribution is -0.384. The topological polar surface area (TPSA) is 126 Å². The van der Waals surface area contributed by atoms with E-state index in [1.165, 1.54) is 12.1 Å². The summed E-state index contributed by atoms with van der Waals surface area (Å²) in [5.74, 6) is 0.555. The molecule has 0 aliphatic rings. The van der Waals surface area contributed by atoms with Gasteiger partial charge in [0.1, 0.15) is 11.4 Å². The van der Waals surface area contributed by atoms with Gasteiger partial charge in [-0.15, -0.1) is 0 Å². The predicted molar refractivity (Wildman–Crippen MR) is 125 cm³/mol. The number of carbonyl (C=O) groups excluding carboxylic acids is 1. The van der Waals surface area contributed by atoms with Crippen molar-refractivity contribution in [3.05, 3.63) is 82.4 Å². The molecule has 0 bridgehead atoms. The average molecular weight is 447 g/mol. The number of rotatable bonds is 6. The highest BCUT2D eigenvalue weighted by atomic mass is 16.6. The number of para-hydroxylation sites is 1. The molecule has 33 heavy (non-hydrogen) atoms. The van der Waals surface area contributed by atoms with Crippen molar-refractivity contribution in [1.82, 2.24) is 20.3 Å². The largest absolute Gasteiger partial charge is 0.444 e. The van der Waals surface area contributed by atoms with Crippen molar-refractivity contribution in [2.24, 2.45) is 0 Å². The van der Waals surface area contributed by atoms with Crippen molar-refractivity contribution < 1.29 is 14.5 Å². The zero-order chi connectivity index (χ0) is 23.6. The maximum absolute atomic E-state index is 12.6. The lowest BCUT2D eigenvalue weighted by Crippen LogP contribution is -2.36. The van der Waals surface area contributed by atoms with Crippen molar-refractivity contribution in [3.8, 4) is 11.3 Å². The summed E-state index contributed by atoms with van der Waals surface area (Å²) in [6, 6.07) is 13.7. The summed E-state index contributed by atoms with van der Waals surface area (Å²) < 4.78 is 5.46. The molecule has 0 saturated carbocycles. The highest BCUT2D eigenvalue weighted by Crippen LogP contribution is 2.26. The number of hydrogen-bond acceptors (Lipinski definition) is 5. The van der Waals surface area contributed by atoms with Gasteiger partial charge in [0.15, 0.2) is 0 Å². The Morgan fingerprint density at radius 3 is 2.61 bits per heavy atom. The van der Waals surface area contributed by atoms with Gasteiger partial charge in [0.05, 0.1) is 22.9 Å². The van der Waals surface area contributed by atoms with Crippen LogP contribution in [0.2, 0.25) is 0 Å². The molecular weight excluding hydrogens is 422 g/mol. The standard InChI is InChI=1S/C24H25N5O4/c1-24(2,3)33-23(30)28-20(12-16-13-25-19-7-5-4-6-18(16)19)22-26-14-21(27-22)15-8-10-17(11-9-15)29(31)32/h4-11,13-14,20,25H,12H2,1-3H3,(H,26,27)(H,28,30)/t20-/m1/s1. The number of non-ortho nitro benzene ring substituents is 1. The van der Waals surface area contributed by atoms with Crippen LogP contribution in [0.3, 0.4) is 0 Å². The summed E-state index contributed by atoms with van der Waals surface area (Å²) in [6.07, 6.45) is 3.52. The Kier molecular flexibility index (Phi) is 5.87. The van der Waals surface area contributed by atoms with E-state index in [2.05, 4.69) is 20.3 Å². The summed E-state index contributed by atoms with van der Waals surface area (Å²) in [7, 11) is 0. The molecule has 0 unspecified atom stereocenters. The van der Waals surface area contributed by atoms with E-state index >= 15 is 0 Å². The van der Waals surface area contributed by atoms with Crippen LogP contribution in [0.5, 0.6) is 0 Å². The Morgan fingerprint density at radius 2 is 1.91 bits per heavy atom. The minimum atomic E-state index is -0.636. The molecule has 4 rings (SSSR count). The number of ether oxygens (including phenoxy) is 1. The van der Waals surface area contributed by atoms with Gasteiger partial charge in [-0.3, -0.25) is 10.1 Å².